The first kappa shape index (κ1) is 15.1. The van der Waals surface area contributed by atoms with Gasteiger partial charge in [-0.2, -0.15) is 0 Å². The lowest BCUT2D eigenvalue weighted by Gasteiger charge is -2.26. The molecule has 0 aliphatic heterocycles. The Morgan fingerprint density at radius 2 is 1.85 bits per heavy atom. The van der Waals surface area contributed by atoms with E-state index in [9.17, 15) is 9.90 Å². The minimum Gasteiger partial charge on any atom is -0.481 e. The molecule has 0 atom stereocenters. The molecule has 2 heteroatoms. The Balaban J connectivity index is 2.35. The molecule has 110 valence electrons. The molecule has 0 bridgehead atoms. The van der Waals surface area contributed by atoms with E-state index in [0.29, 0.717) is 6.42 Å². The quantitative estimate of drug-likeness (QED) is 0.882. The topological polar surface area (TPSA) is 37.3 Å². The van der Waals surface area contributed by atoms with Crippen molar-refractivity contribution in [3.05, 3.63) is 34.9 Å². The van der Waals surface area contributed by atoms with Crippen LogP contribution < -0.4 is 0 Å². The van der Waals surface area contributed by atoms with Gasteiger partial charge in [0.05, 0.1) is 5.41 Å². The Kier molecular flexibility index (Phi) is 3.95. The maximum absolute atomic E-state index is 11.7. The van der Waals surface area contributed by atoms with Gasteiger partial charge in [0.15, 0.2) is 0 Å². The largest absolute Gasteiger partial charge is 0.481 e. The van der Waals surface area contributed by atoms with Crippen LogP contribution in [-0.2, 0) is 16.6 Å². The van der Waals surface area contributed by atoms with Crippen molar-refractivity contribution < 1.29 is 9.90 Å². The zero-order valence-electron chi connectivity index (χ0n) is 13.1. The third-order valence-electron chi connectivity index (χ3n) is 4.76. The van der Waals surface area contributed by atoms with Crippen molar-refractivity contribution in [2.75, 3.05) is 0 Å². The summed E-state index contributed by atoms with van der Waals surface area (Å²) in [5, 5.41) is 9.65. The standard InChI is InChI=1S/C18H26O2/c1-13-7-8-15(17(2,3)4)11-14(13)12-18(16(19)20)9-5-6-10-18/h7-8,11H,5-6,9-10,12H2,1-4H3,(H,19,20). The van der Waals surface area contributed by atoms with Crippen molar-refractivity contribution in [2.24, 2.45) is 5.41 Å². The van der Waals surface area contributed by atoms with Crippen molar-refractivity contribution in [3.63, 3.8) is 0 Å². The molecule has 0 radical (unpaired) electrons. The molecular weight excluding hydrogens is 248 g/mol. The van der Waals surface area contributed by atoms with E-state index in [0.717, 1.165) is 25.7 Å². The Labute approximate surface area is 122 Å². The highest BCUT2D eigenvalue weighted by molar-refractivity contribution is 5.75. The number of hydrogen-bond donors (Lipinski definition) is 1. The Morgan fingerprint density at radius 3 is 2.35 bits per heavy atom. The summed E-state index contributed by atoms with van der Waals surface area (Å²) >= 11 is 0. The molecule has 0 spiro atoms. The van der Waals surface area contributed by atoms with Gasteiger partial charge in [0.1, 0.15) is 0 Å². The molecule has 20 heavy (non-hydrogen) atoms. The molecule has 2 nitrogen and oxygen atoms in total. The molecule has 1 fully saturated rings. The summed E-state index contributed by atoms with van der Waals surface area (Å²) in [5.74, 6) is -0.615. The Hall–Kier alpha value is -1.31. The van der Waals surface area contributed by atoms with Crippen LogP contribution in [0.2, 0.25) is 0 Å². The monoisotopic (exact) mass is 274 g/mol. The van der Waals surface area contributed by atoms with Gasteiger partial charge in [-0.3, -0.25) is 4.79 Å². The Morgan fingerprint density at radius 1 is 1.25 bits per heavy atom. The molecule has 1 aliphatic carbocycles. The minimum absolute atomic E-state index is 0.106. The third-order valence-corrected chi connectivity index (χ3v) is 4.76. The molecule has 1 saturated carbocycles. The molecule has 1 aromatic rings. The fourth-order valence-corrected chi connectivity index (χ4v) is 3.21. The van der Waals surface area contributed by atoms with Gasteiger partial charge in [-0.05, 0) is 48.3 Å². The maximum atomic E-state index is 11.7. The third kappa shape index (κ3) is 2.89. The summed E-state index contributed by atoms with van der Waals surface area (Å²) in [6, 6.07) is 6.53. The molecule has 0 aromatic heterocycles. The first-order valence-corrected chi connectivity index (χ1v) is 7.58. The van der Waals surface area contributed by atoms with Crippen molar-refractivity contribution in [3.8, 4) is 0 Å². The second-order valence-electron chi connectivity index (χ2n) is 7.36. The molecule has 1 N–H and O–H groups in total. The highest BCUT2D eigenvalue weighted by Crippen LogP contribution is 2.42. The summed E-state index contributed by atoms with van der Waals surface area (Å²) < 4.78 is 0. The predicted molar refractivity (Wildman–Crippen MR) is 82.1 cm³/mol. The normalized spacial score (nSPS) is 18.2. The van der Waals surface area contributed by atoms with Gasteiger partial charge in [-0.25, -0.2) is 0 Å². The first-order chi connectivity index (χ1) is 9.24. The SMILES string of the molecule is Cc1ccc(C(C)(C)C)cc1CC1(C(=O)O)CCCC1. The van der Waals surface area contributed by atoms with E-state index in [1.807, 2.05) is 0 Å². The average Bonchev–Trinajstić information content (AvgIpc) is 2.80. The summed E-state index contributed by atoms with van der Waals surface area (Å²) in [7, 11) is 0. The zero-order valence-corrected chi connectivity index (χ0v) is 13.1. The summed E-state index contributed by atoms with van der Waals surface area (Å²) in [4.78, 5) is 11.7. The van der Waals surface area contributed by atoms with Crippen LogP contribution in [0.5, 0.6) is 0 Å². The number of benzene rings is 1. The highest BCUT2D eigenvalue weighted by atomic mass is 16.4. The molecule has 2 rings (SSSR count). The van der Waals surface area contributed by atoms with Crippen LogP contribution in [0.15, 0.2) is 18.2 Å². The van der Waals surface area contributed by atoms with Crippen LogP contribution in [-0.4, -0.2) is 11.1 Å². The van der Waals surface area contributed by atoms with Gasteiger partial charge in [-0.15, -0.1) is 0 Å². The van der Waals surface area contributed by atoms with Crippen LogP contribution in [0.3, 0.4) is 0 Å². The van der Waals surface area contributed by atoms with E-state index in [4.69, 9.17) is 0 Å². The van der Waals surface area contributed by atoms with Crippen molar-refractivity contribution in [1.29, 1.82) is 0 Å². The minimum atomic E-state index is -0.615. The van der Waals surface area contributed by atoms with Crippen molar-refractivity contribution in [1.82, 2.24) is 0 Å². The van der Waals surface area contributed by atoms with Gasteiger partial charge >= 0.3 is 5.97 Å². The highest BCUT2D eigenvalue weighted by Gasteiger charge is 2.41. The van der Waals surface area contributed by atoms with Crippen molar-refractivity contribution in [2.45, 2.75) is 65.2 Å². The molecular formula is C18H26O2. The number of carbonyl (C=O) groups is 1. The average molecular weight is 274 g/mol. The van der Waals surface area contributed by atoms with Gasteiger partial charge in [0.2, 0.25) is 0 Å². The van der Waals surface area contributed by atoms with Gasteiger partial charge in [0, 0.05) is 0 Å². The first-order valence-electron chi connectivity index (χ1n) is 7.58. The molecule has 1 aliphatic rings. The molecule has 0 amide bonds. The Bertz CT molecular complexity index is 503. The molecule has 0 saturated heterocycles. The smallest absolute Gasteiger partial charge is 0.309 e. The number of hydrogen-bond acceptors (Lipinski definition) is 1. The summed E-state index contributed by atoms with van der Waals surface area (Å²) in [5.41, 5.74) is 3.29. The van der Waals surface area contributed by atoms with E-state index in [1.54, 1.807) is 0 Å². The van der Waals surface area contributed by atoms with Gasteiger partial charge in [0.25, 0.3) is 0 Å². The van der Waals surface area contributed by atoms with Crippen LogP contribution in [0.1, 0.15) is 63.1 Å². The second kappa shape index (κ2) is 5.23. The summed E-state index contributed by atoms with van der Waals surface area (Å²) in [6.45, 7) is 8.68. The van der Waals surface area contributed by atoms with E-state index >= 15 is 0 Å². The molecule has 0 unspecified atom stereocenters. The van der Waals surface area contributed by atoms with Gasteiger partial charge < -0.3 is 5.11 Å². The lowest BCUT2D eigenvalue weighted by atomic mass is 9.77. The lowest BCUT2D eigenvalue weighted by Crippen LogP contribution is -2.30. The van der Waals surface area contributed by atoms with E-state index in [1.165, 1.54) is 16.7 Å². The number of carboxylic acids is 1. The summed E-state index contributed by atoms with van der Waals surface area (Å²) in [6.07, 6.45) is 4.41. The van der Waals surface area contributed by atoms with Crippen LogP contribution in [0, 0.1) is 12.3 Å². The fraction of sp³-hybridized carbons (Fsp3) is 0.611. The van der Waals surface area contributed by atoms with Crippen molar-refractivity contribution >= 4 is 5.97 Å². The van der Waals surface area contributed by atoms with E-state index in [2.05, 4.69) is 45.9 Å². The number of aryl methyl sites for hydroxylation is 1. The zero-order chi connectivity index (χ0) is 15.0. The van der Waals surface area contributed by atoms with Gasteiger partial charge in [-0.1, -0.05) is 51.8 Å². The van der Waals surface area contributed by atoms with Crippen LogP contribution >= 0.6 is 0 Å². The number of carboxylic acid groups (broad SMARTS) is 1. The molecule has 0 heterocycles. The maximum Gasteiger partial charge on any atom is 0.309 e. The second-order valence-corrected chi connectivity index (χ2v) is 7.36. The lowest BCUT2D eigenvalue weighted by molar-refractivity contribution is -0.148. The van der Waals surface area contributed by atoms with E-state index < -0.39 is 11.4 Å². The number of rotatable bonds is 3. The fourth-order valence-electron chi connectivity index (χ4n) is 3.21. The van der Waals surface area contributed by atoms with Crippen LogP contribution in [0.4, 0.5) is 0 Å². The molecule has 1 aromatic carbocycles. The van der Waals surface area contributed by atoms with Crippen LogP contribution in [0.25, 0.3) is 0 Å². The predicted octanol–water partition coefficient (Wildman–Crippen LogP) is 4.48. The van der Waals surface area contributed by atoms with E-state index in [-0.39, 0.29) is 5.41 Å². The number of aliphatic carboxylic acids is 1.